The van der Waals surface area contributed by atoms with E-state index in [1.54, 1.807) is 0 Å². The topological polar surface area (TPSA) is 35.2 Å². The first-order chi connectivity index (χ1) is 6.86. The van der Waals surface area contributed by atoms with E-state index >= 15 is 0 Å². The zero-order valence-electron chi connectivity index (χ0n) is 8.32. The molecule has 0 saturated carbocycles. The molecule has 1 fully saturated rings. The predicted molar refractivity (Wildman–Crippen MR) is 59.6 cm³/mol. The van der Waals surface area contributed by atoms with Crippen molar-refractivity contribution in [2.24, 2.45) is 5.73 Å². The van der Waals surface area contributed by atoms with Gasteiger partial charge in [0.05, 0.1) is 6.10 Å². The van der Waals surface area contributed by atoms with Gasteiger partial charge in [-0.1, -0.05) is 6.07 Å². The summed E-state index contributed by atoms with van der Waals surface area (Å²) in [5.74, 6) is 0. The third-order valence-corrected chi connectivity index (χ3v) is 3.68. The first kappa shape index (κ1) is 10.1. The maximum Gasteiger partial charge on any atom is 0.0726 e. The van der Waals surface area contributed by atoms with Crippen molar-refractivity contribution in [2.45, 2.75) is 37.8 Å². The quantitative estimate of drug-likeness (QED) is 0.828. The second-order valence-corrected chi connectivity index (χ2v) is 4.87. The molecule has 1 aromatic rings. The number of rotatable bonds is 4. The average molecular weight is 211 g/mol. The van der Waals surface area contributed by atoms with E-state index in [4.69, 9.17) is 10.5 Å². The van der Waals surface area contributed by atoms with E-state index in [1.165, 1.54) is 11.3 Å². The summed E-state index contributed by atoms with van der Waals surface area (Å²) in [6, 6.07) is 4.49. The minimum atomic E-state index is 0.222. The Labute approximate surface area is 89.1 Å². The van der Waals surface area contributed by atoms with Gasteiger partial charge in [0.15, 0.2) is 0 Å². The molecular weight excluding hydrogens is 194 g/mol. The molecule has 3 heteroatoms. The first-order valence-corrected chi connectivity index (χ1v) is 6.14. The highest BCUT2D eigenvalue weighted by atomic mass is 32.1. The standard InChI is InChI=1S/C11H17NOS/c12-10(11-4-1-7-13-11)6-5-9-3-2-8-14-9/h2-3,8,10-11H,1,4-7,12H2. The van der Waals surface area contributed by atoms with E-state index in [0.717, 1.165) is 25.9 Å². The monoisotopic (exact) mass is 211 g/mol. The van der Waals surface area contributed by atoms with Crippen molar-refractivity contribution >= 4 is 11.3 Å². The number of hydrogen-bond donors (Lipinski definition) is 1. The summed E-state index contributed by atoms with van der Waals surface area (Å²) in [6.45, 7) is 0.900. The lowest BCUT2D eigenvalue weighted by Crippen LogP contribution is -2.34. The van der Waals surface area contributed by atoms with Crippen LogP contribution in [-0.4, -0.2) is 18.8 Å². The highest BCUT2D eigenvalue weighted by molar-refractivity contribution is 7.09. The highest BCUT2D eigenvalue weighted by Crippen LogP contribution is 2.19. The van der Waals surface area contributed by atoms with Crippen molar-refractivity contribution in [1.29, 1.82) is 0 Å². The van der Waals surface area contributed by atoms with E-state index < -0.39 is 0 Å². The van der Waals surface area contributed by atoms with Gasteiger partial charge >= 0.3 is 0 Å². The Morgan fingerprint density at radius 1 is 1.64 bits per heavy atom. The van der Waals surface area contributed by atoms with Crippen LogP contribution in [0.5, 0.6) is 0 Å². The molecule has 2 N–H and O–H groups in total. The molecular formula is C11H17NOS. The van der Waals surface area contributed by atoms with Crippen molar-refractivity contribution < 1.29 is 4.74 Å². The van der Waals surface area contributed by atoms with E-state index in [2.05, 4.69) is 17.5 Å². The maximum absolute atomic E-state index is 6.08. The fourth-order valence-corrected chi connectivity index (χ4v) is 2.61. The molecule has 0 aromatic carbocycles. The summed E-state index contributed by atoms with van der Waals surface area (Å²) in [6.07, 6.45) is 4.78. The molecule has 2 rings (SSSR count). The van der Waals surface area contributed by atoms with Gasteiger partial charge in [-0.05, 0) is 37.1 Å². The van der Waals surface area contributed by atoms with E-state index in [9.17, 15) is 0 Å². The van der Waals surface area contributed by atoms with Crippen molar-refractivity contribution in [2.75, 3.05) is 6.61 Å². The molecule has 1 aromatic heterocycles. The fraction of sp³-hybridized carbons (Fsp3) is 0.636. The van der Waals surface area contributed by atoms with Gasteiger partial charge in [0.1, 0.15) is 0 Å². The Bertz CT molecular complexity index is 254. The van der Waals surface area contributed by atoms with Crippen LogP contribution in [0.1, 0.15) is 24.1 Å². The molecule has 2 heterocycles. The molecule has 14 heavy (non-hydrogen) atoms. The summed E-state index contributed by atoms with van der Waals surface area (Å²) in [5.41, 5.74) is 6.08. The fourth-order valence-electron chi connectivity index (χ4n) is 1.89. The smallest absolute Gasteiger partial charge is 0.0726 e. The molecule has 1 aliphatic heterocycles. The van der Waals surface area contributed by atoms with Crippen molar-refractivity contribution in [3.8, 4) is 0 Å². The molecule has 0 amide bonds. The van der Waals surface area contributed by atoms with Gasteiger partial charge in [-0.2, -0.15) is 0 Å². The van der Waals surface area contributed by atoms with Crippen LogP contribution in [0.15, 0.2) is 17.5 Å². The van der Waals surface area contributed by atoms with Gasteiger partial charge in [0.2, 0.25) is 0 Å². The summed E-state index contributed by atoms with van der Waals surface area (Å²) in [4.78, 5) is 1.43. The van der Waals surface area contributed by atoms with E-state index in [1.807, 2.05) is 11.3 Å². The van der Waals surface area contributed by atoms with E-state index in [-0.39, 0.29) is 6.04 Å². The normalized spacial score (nSPS) is 23.9. The molecule has 78 valence electrons. The van der Waals surface area contributed by atoms with Crippen LogP contribution in [-0.2, 0) is 11.2 Å². The third kappa shape index (κ3) is 2.56. The first-order valence-electron chi connectivity index (χ1n) is 5.26. The van der Waals surface area contributed by atoms with Crippen molar-refractivity contribution in [3.63, 3.8) is 0 Å². The Morgan fingerprint density at radius 2 is 2.57 bits per heavy atom. The molecule has 2 atom stereocenters. The molecule has 2 unspecified atom stereocenters. The minimum absolute atomic E-state index is 0.222. The zero-order valence-corrected chi connectivity index (χ0v) is 9.13. The van der Waals surface area contributed by atoms with Crippen molar-refractivity contribution in [1.82, 2.24) is 0 Å². The Morgan fingerprint density at radius 3 is 3.21 bits per heavy atom. The molecule has 0 radical (unpaired) electrons. The lowest BCUT2D eigenvalue weighted by molar-refractivity contribution is 0.0877. The number of nitrogens with two attached hydrogens (primary N) is 1. The number of hydrogen-bond acceptors (Lipinski definition) is 3. The van der Waals surface area contributed by atoms with Gasteiger partial charge in [-0.25, -0.2) is 0 Å². The molecule has 2 nitrogen and oxygen atoms in total. The van der Waals surface area contributed by atoms with Crippen LogP contribution >= 0.6 is 11.3 Å². The highest BCUT2D eigenvalue weighted by Gasteiger charge is 2.22. The summed E-state index contributed by atoms with van der Waals surface area (Å²) in [5, 5.41) is 2.12. The number of aryl methyl sites for hydroxylation is 1. The van der Waals surface area contributed by atoms with Crippen LogP contribution in [0.3, 0.4) is 0 Å². The number of thiophene rings is 1. The Hall–Kier alpha value is -0.380. The summed E-state index contributed by atoms with van der Waals surface area (Å²) >= 11 is 1.81. The summed E-state index contributed by atoms with van der Waals surface area (Å²) in [7, 11) is 0. The van der Waals surface area contributed by atoms with Crippen LogP contribution in [0, 0.1) is 0 Å². The van der Waals surface area contributed by atoms with Gasteiger partial charge in [-0.15, -0.1) is 11.3 Å². The number of ether oxygens (including phenoxy) is 1. The lowest BCUT2D eigenvalue weighted by atomic mass is 10.0. The minimum Gasteiger partial charge on any atom is -0.377 e. The van der Waals surface area contributed by atoms with Crippen LogP contribution in [0.25, 0.3) is 0 Å². The van der Waals surface area contributed by atoms with Gasteiger partial charge in [0.25, 0.3) is 0 Å². The predicted octanol–water partition coefficient (Wildman–Crippen LogP) is 2.19. The SMILES string of the molecule is NC(CCc1cccs1)C1CCCO1. The van der Waals surface area contributed by atoms with Gasteiger partial charge in [0, 0.05) is 17.5 Å². The van der Waals surface area contributed by atoms with Crippen LogP contribution in [0.4, 0.5) is 0 Å². The van der Waals surface area contributed by atoms with E-state index in [0.29, 0.717) is 6.10 Å². The largest absolute Gasteiger partial charge is 0.377 e. The lowest BCUT2D eigenvalue weighted by Gasteiger charge is -2.17. The van der Waals surface area contributed by atoms with Gasteiger partial charge < -0.3 is 10.5 Å². The van der Waals surface area contributed by atoms with Gasteiger partial charge in [-0.3, -0.25) is 0 Å². The Kier molecular flexibility index (Phi) is 3.56. The molecule has 1 saturated heterocycles. The third-order valence-electron chi connectivity index (χ3n) is 2.75. The van der Waals surface area contributed by atoms with Crippen LogP contribution in [0.2, 0.25) is 0 Å². The maximum atomic E-state index is 6.08. The molecule has 1 aliphatic rings. The molecule has 0 spiro atoms. The van der Waals surface area contributed by atoms with Crippen LogP contribution < -0.4 is 5.73 Å². The molecule has 0 bridgehead atoms. The second-order valence-electron chi connectivity index (χ2n) is 3.83. The Balaban J connectivity index is 1.74. The summed E-state index contributed by atoms with van der Waals surface area (Å²) < 4.78 is 5.56. The zero-order chi connectivity index (χ0) is 9.80. The second kappa shape index (κ2) is 4.91. The van der Waals surface area contributed by atoms with Crippen molar-refractivity contribution in [3.05, 3.63) is 22.4 Å². The molecule has 0 aliphatic carbocycles. The average Bonchev–Trinajstić information content (AvgIpc) is 2.87.